The highest BCUT2D eigenvalue weighted by molar-refractivity contribution is 8.13. The zero-order valence-electron chi connectivity index (χ0n) is 14.9. The molecule has 2 atom stereocenters. The lowest BCUT2D eigenvalue weighted by molar-refractivity contribution is 0.0111. The summed E-state index contributed by atoms with van der Waals surface area (Å²) in [5.74, 6) is 0.0240. The molecule has 1 spiro atoms. The highest BCUT2D eigenvalue weighted by atomic mass is 32.2. The molecule has 138 valence electrons. The fourth-order valence-corrected chi connectivity index (χ4v) is 5.39. The summed E-state index contributed by atoms with van der Waals surface area (Å²) in [4.78, 5) is 6.08. The Kier molecular flexibility index (Phi) is 4.11. The van der Waals surface area contributed by atoms with E-state index in [1.54, 1.807) is 23.1 Å². The highest BCUT2D eigenvalue weighted by Gasteiger charge is 2.49. The van der Waals surface area contributed by atoms with Crippen molar-refractivity contribution in [3.63, 3.8) is 0 Å². The van der Waals surface area contributed by atoms with Crippen molar-refractivity contribution in [2.45, 2.75) is 43.9 Å². The molecule has 1 aromatic heterocycles. The number of thiophene rings is 1. The number of aromatic hydroxyl groups is 2. The van der Waals surface area contributed by atoms with Gasteiger partial charge in [-0.1, -0.05) is 23.9 Å². The summed E-state index contributed by atoms with van der Waals surface area (Å²) in [5.41, 5.74) is -0.0741. The maximum absolute atomic E-state index is 10.5. The van der Waals surface area contributed by atoms with Crippen LogP contribution in [0.1, 0.15) is 43.0 Å². The summed E-state index contributed by atoms with van der Waals surface area (Å²) in [6.07, 6.45) is 3.35. The molecule has 0 radical (unpaired) electrons. The fourth-order valence-electron chi connectivity index (χ4n) is 3.91. The summed E-state index contributed by atoms with van der Waals surface area (Å²) in [7, 11) is 0. The normalized spacial score (nSPS) is 26.6. The fraction of sp³-hybridized carbons (Fsp3) is 0.421. The Morgan fingerprint density at radius 3 is 2.81 bits per heavy atom. The molecule has 0 aliphatic carbocycles. The third-order valence-corrected chi connectivity index (χ3v) is 6.45. The van der Waals surface area contributed by atoms with Gasteiger partial charge >= 0.3 is 0 Å². The number of hydrogen-bond donors (Lipinski definition) is 3. The van der Waals surface area contributed by atoms with Crippen LogP contribution in [-0.2, 0) is 0 Å². The molecular formula is C19H22N2O3S2. The Morgan fingerprint density at radius 2 is 2.12 bits per heavy atom. The molecule has 0 unspecified atom stereocenters. The second kappa shape index (κ2) is 6.09. The summed E-state index contributed by atoms with van der Waals surface area (Å²) in [6.45, 7) is 4.25. The first kappa shape index (κ1) is 17.5. The number of rotatable bonds is 1. The first-order valence-corrected chi connectivity index (χ1v) is 10.6. The number of amidine groups is 1. The van der Waals surface area contributed by atoms with Crippen LogP contribution in [0, 0.1) is 0 Å². The molecular weight excluding hydrogens is 368 g/mol. The minimum Gasteiger partial charge on any atom is -0.504 e. The van der Waals surface area contributed by atoms with Crippen molar-refractivity contribution >= 4 is 28.3 Å². The Labute approximate surface area is 161 Å². The first-order valence-electron chi connectivity index (χ1n) is 8.52. The van der Waals surface area contributed by atoms with Crippen molar-refractivity contribution in [3.8, 4) is 17.2 Å². The molecule has 26 heavy (non-hydrogen) atoms. The van der Waals surface area contributed by atoms with Crippen LogP contribution in [0.4, 0.5) is 0 Å². The number of phenols is 2. The SMILES string of the molecule is CSC1=N[C@@]2(C[C@@H](c3cccs3)c3ccc(O)c(O)c3O2)CC(C)(C)N1. The van der Waals surface area contributed by atoms with Gasteiger partial charge in [0.25, 0.3) is 0 Å². The highest BCUT2D eigenvalue weighted by Crippen LogP contribution is 2.54. The van der Waals surface area contributed by atoms with Crippen LogP contribution >= 0.6 is 23.1 Å². The standard InChI is InChI=1S/C19H22N2O3S2/c1-18(2)10-19(21-17(20-18)25-3)9-12(14-5-4-8-26-14)11-6-7-13(22)15(23)16(11)24-19/h4-8,12,22-23H,9-10H2,1-3H3,(H,20,21)/t12-,19-/m1/s1. The maximum Gasteiger partial charge on any atom is 0.206 e. The zero-order chi connectivity index (χ0) is 18.5. The monoisotopic (exact) mass is 390 g/mol. The van der Waals surface area contributed by atoms with Crippen molar-refractivity contribution in [1.29, 1.82) is 0 Å². The zero-order valence-corrected chi connectivity index (χ0v) is 16.6. The molecule has 1 aromatic carbocycles. The van der Waals surface area contributed by atoms with Crippen molar-refractivity contribution in [2.75, 3.05) is 6.26 Å². The van der Waals surface area contributed by atoms with Crippen molar-refractivity contribution in [3.05, 3.63) is 40.1 Å². The van der Waals surface area contributed by atoms with E-state index in [2.05, 4.69) is 30.6 Å². The van der Waals surface area contributed by atoms with Gasteiger partial charge in [-0.2, -0.15) is 0 Å². The lowest BCUT2D eigenvalue weighted by Crippen LogP contribution is -2.56. The van der Waals surface area contributed by atoms with Crippen LogP contribution in [0.5, 0.6) is 17.2 Å². The van der Waals surface area contributed by atoms with Gasteiger partial charge in [0.15, 0.2) is 16.7 Å². The summed E-state index contributed by atoms with van der Waals surface area (Å²) < 4.78 is 6.32. The van der Waals surface area contributed by atoms with E-state index in [1.807, 2.05) is 18.4 Å². The minimum atomic E-state index is -0.778. The van der Waals surface area contributed by atoms with Crippen molar-refractivity contribution in [1.82, 2.24) is 5.32 Å². The van der Waals surface area contributed by atoms with E-state index in [4.69, 9.17) is 9.73 Å². The van der Waals surface area contributed by atoms with Crippen LogP contribution in [0.15, 0.2) is 34.6 Å². The molecule has 0 saturated carbocycles. The molecule has 2 aliphatic rings. The number of phenolic OH excluding ortho intramolecular Hbond substituents is 2. The van der Waals surface area contributed by atoms with E-state index in [9.17, 15) is 10.2 Å². The van der Waals surface area contributed by atoms with Crippen LogP contribution in [-0.4, -0.2) is 32.9 Å². The Hall–Kier alpha value is -1.86. The lowest BCUT2D eigenvalue weighted by Gasteiger charge is -2.47. The molecule has 5 nitrogen and oxygen atoms in total. The second-order valence-electron chi connectivity index (χ2n) is 7.48. The van der Waals surface area contributed by atoms with Crippen molar-refractivity contribution in [2.24, 2.45) is 4.99 Å². The van der Waals surface area contributed by atoms with Gasteiger partial charge < -0.3 is 20.3 Å². The number of benzene rings is 1. The van der Waals surface area contributed by atoms with Gasteiger partial charge in [0.1, 0.15) is 0 Å². The Bertz CT molecular complexity index is 864. The first-order chi connectivity index (χ1) is 12.3. The largest absolute Gasteiger partial charge is 0.504 e. The predicted molar refractivity (Wildman–Crippen MR) is 107 cm³/mol. The topological polar surface area (TPSA) is 74.1 Å². The number of nitrogens with zero attached hydrogens (tertiary/aromatic N) is 1. The summed E-state index contributed by atoms with van der Waals surface area (Å²) in [5, 5.41) is 26.8. The Morgan fingerprint density at radius 1 is 1.31 bits per heavy atom. The van der Waals surface area contributed by atoms with E-state index < -0.39 is 5.72 Å². The van der Waals surface area contributed by atoms with Gasteiger partial charge in [-0.3, -0.25) is 0 Å². The van der Waals surface area contributed by atoms with E-state index in [-0.39, 0.29) is 23.0 Å². The molecule has 4 rings (SSSR count). The van der Waals surface area contributed by atoms with Gasteiger partial charge in [0, 0.05) is 34.7 Å². The number of ether oxygens (including phenoxy) is 1. The average molecular weight is 391 g/mol. The smallest absolute Gasteiger partial charge is 0.206 e. The molecule has 3 heterocycles. The van der Waals surface area contributed by atoms with Gasteiger partial charge in [0.2, 0.25) is 11.5 Å². The molecule has 0 saturated heterocycles. The number of aliphatic imine (C=N–C) groups is 1. The van der Waals surface area contributed by atoms with Gasteiger partial charge in [-0.25, -0.2) is 4.99 Å². The minimum absolute atomic E-state index is 0.0611. The van der Waals surface area contributed by atoms with E-state index >= 15 is 0 Å². The third kappa shape index (κ3) is 2.93. The lowest BCUT2D eigenvalue weighted by atomic mass is 9.80. The summed E-state index contributed by atoms with van der Waals surface area (Å²) >= 11 is 3.24. The molecule has 7 heteroatoms. The van der Waals surface area contributed by atoms with E-state index in [0.29, 0.717) is 18.6 Å². The average Bonchev–Trinajstić information content (AvgIpc) is 3.11. The van der Waals surface area contributed by atoms with Gasteiger partial charge in [0.05, 0.1) is 0 Å². The number of fused-ring (bicyclic) bond motifs is 1. The third-order valence-electron chi connectivity index (χ3n) is 4.88. The van der Waals surface area contributed by atoms with E-state index in [0.717, 1.165) is 10.7 Å². The molecule has 2 aliphatic heterocycles. The molecule has 2 aromatic rings. The second-order valence-corrected chi connectivity index (χ2v) is 9.25. The van der Waals surface area contributed by atoms with Crippen LogP contribution in [0.2, 0.25) is 0 Å². The number of thioether (sulfide) groups is 1. The molecule has 0 fully saturated rings. The van der Waals surface area contributed by atoms with E-state index in [1.165, 1.54) is 10.9 Å². The van der Waals surface area contributed by atoms with Crippen LogP contribution < -0.4 is 10.1 Å². The number of nitrogens with one attached hydrogen (secondary N) is 1. The predicted octanol–water partition coefficient (Wildman–Crippen LogP) is 4.26. The number of hydrogen-bond acceptors (Lipinski definition) is 7. The maximum atomic E-state index is 10.5. The van der Waals surface area contributed by atoms with Crippen LogP contribution in [0.3, 0.4) is 0 Å². The summed E-state index contributed by atoms with van der Waals surface area (Å²) in [6, 6.07) is 7.50. The molecule has 3 N–H and O–H groups in total. The van der Waals surface area contributed by atoms with Crippen LogP contribution in [0.25, 0.3) is 0 Å². The van der Waals surface area contributed by atoms with Gasteiger partial charge in [-0.05, 0) is 37.6 Å². The van der Waals surface area contributed by atoms with Gasteiger partial charge in [-0.15, -0.1) is 11.3 Å². The quantitative estimate of drug-likeness (QED) is 0.635. The molecule has 0 bridgehead atoms. The van der Waals surface area contributed by atoms with Crippen molar-refractivity contribution < 1.29 is 14.9 Å². The molecule has 0 amide bonds. The Balaban J connectivity index is 1.88.